The van der Waals surface area contributed by atoms with Crippen LogP contribution in [0.3, 0.4) is 0 Å². The fourth-order valence-electron chi connectivity index (χ4n) is 3.56. The van der Waals surface area contributed by atoms with Gasteiger partial charge in [0.05, 0.1) is 12.0 Å². The maximum Gasteiger partial charge on any atom is 0.0991 e. The standard InChI is InChI=1S/C18H24N4/c1-14-11-22(16-6-7-16)12-17(14)20-10-15-4-2-3-5-18(15)21-9-8-19-13-21/h2-5,8-9,13-14,16-17,20H,6-7,10-12H2,1H3. The fourth-order valence-corrected chi connectivity index (χ4v) is 3.56. The number of rotatable bonds is 5. The Morgan fingerprint density at radius 3 is 2.86 bits per heavy atom. The molecule has 2 heterocycles. The van der Waals surface area contributed by atoms with Gasteiger partial charge in [-0.3, -0.25) is 4.90 Å². The number of nitrogens with zero attached hydrogens (tertiary/aromatic N) is 3. The summed E-state index contributed by atoms with van der Waals surface area (Å²) in [6, 6.07) is 10.1. The van der Waals surface area contributed by atoms with Crippen LogP contribution >= 0.6 is 0 Å². The molecule has 1 aliphatic carbocycles. The molecule has 0 radical (unpaired) electrons. The first-order chi connectivity index (χ1) is 10.8. The lowest BCUT2D eigenvalue weighted by molar-refractivity contribution is 0.313. The number of hydrogen-bond donors (Lipinski definition) is 1. The Kier molecular flexibility index (Phi) is 3.72. The first-order valence-electron chi connectivity index (χ1n) is 8.35. The van der Waals surface area contributed by atoms with Gasteiger partial charge in [-0.15, -0.1) is 0 Å². The number of aromatic nitrogens is 2. The van der Waals surface area contributed by atoms with Crippen LogP contribution in [0.4, 0.5) is 0 Å². The van der Waals surface area contributed by atoms with E-state index in [0.717, 1.165) is 18.5 Å². The van der Waals surface area contributed by atoms with Crippen molar-refractivity contribution in [2.24, 2.45) is 5.92 Å². The molecule has 0 spiro atoms. The average Bonchev–Trinajstić information content (AvgIpc) is 3.11. The second kappa shape index (κ2) is 5.86. The molecule has 1 aromatic heterocycles. The Hall–Kier alpha value is -1.65. The fraction of sp³-hybridized carbons (Fsp3) is 0.500. The molecule has 0 amide bonds. The van der Waals surface area contributed by atoms with Gasteiger partial charge in [0.15, 0.2) is 0 Å². The summed E-state index contributed by atoms with van der Waals surface area (Å²) in [4.78, 5) is 6.83. The van der Waals surface area contributed by atoms with Gasteiger partial charge in [0.25, 0.3) is 0 Å². The van der Waals surface area contributed by atoms with Gasteiger partial charge in [0.1, 0.15) is 0 Å². The van der Waals surface area contributed by atoms with Gasteiger partial charge in [0.2, 0.25) is 0 Å². The summed E-state index contributed by atoms with van der Waals surface area (Å²) in [5, 5.41) is 3.79. The zero-order valence-electron chi connectivity index (χ0n) is 13.2. The van der Waals surface area contributed by atoms with E-state index in [4.69, 9.17) is 0 Å². The first kappa shape index (κ1) is 14.0. The zero-order valence-corrected chi connectivity index (χ0v) is 13.2. The van der Waals surface area contributed by atoms with Gasteiger partial charge in [-0.25, -0.2) is 4.98 Å². The molecule has 4 nitrogen and oxygen atoms in total. The molecule has 0 bridgehead atoms. The molecule has 4 heteroatoms. The Labute approximate surface area is 132 Å². The molecule has 22 heavy (non-hydrogen) atoms. The van der Waals surface area contributed by atoms with Crippen LogP contribution in [0, 0.1) is 5.92 Å². The summed E-state index contributed by atoms with van der Waals surface area (Å²) in [6.07, 6.45) is 8.51. The van der Waals surface area contributed by atoms with E-state index in [1.807, 2.05) is 18.7 Å². The van der Waals surface area contributed by atoms with Gasteiger partial charge in [-0.2, -0.15) is 0 Å². The topological polar surface area (TPSA) is 33.1 Å². The third kappa shape index (κ3) is 2.81. The molecule has 1 aliphatic heterocycles. The van der Waals surface area contributed by atoms with E-state index in [0.29, 0.717) is 6.04 Å². The molecule has 2 aromatic rings. The Morgan fingerprint density at radius 1 is 1.23 bits per heavy atom. The number of hydrogen-bond acceptors (Lipinski definition) is 3. The molecule has 1 aromatic carbocycles. The Morgan fingerprint density at radius 2 is 2.09 bits per heavy atom. The predicted molar refractivity (Wildman–Crippen MR) is 88.0 cm³/mol. The van der Waals surface area contributed by atoms with Crippen molar-refractivity contribution in [2.45, 2.75) is 38.4 Å². The quantitative estimate of drug-likeness (QED) is 0.920. The maximum absolute atomic E-state index is 4.16. The molecule has 4 rings (SSSR count). The third-order valence-electron chi connectivity index (χ3n) is 5.03. The number of imidazole rings is 1. The average molecular weight is 296 g/mol. The Balaban J connectivity index is 1.44. The lowest BCUT2D eigenvalue weighted by atomic mass is 10.1. The molecular weight excluding hydrogens is 272 g/mol. The van der Waals surface area contributed by atoms with Crippen molar-refractivity contribution in [3.63, 3.8) is 0 Å². The van der Waals surface area contributed by atoms with Crippen LogP contribution < -0.4 is 5.32 Å². The van der Waals surface area contributed by atoms with Crippen LogP contribution in [0.2, 0.25) is 0 Å². The SMILES string of the molecule is CC1CN(C2CC2)CC1NCc1ccccc1-n1ccnc1. The summed E-state index contributed by atoms with van der Waals surface area (Å²) >= 11 is 0. The van der Waals surface area contributed by atoms with E-state index in [1.54, 1.807) is 0 Å². The highest BCUT2D eigenvalue weighted by molar-refractivity contribution is 5.40. The molecular formula is C18H24N4. The van der Waals surface area contributed by atoms with Crippen molar-refractivity contribution in [1.82, 2.24) is 19.8 Å². The Bertz CT molecular complexity index is 618. The largest absolute Gasteiger partial charge is 0.308 e. The van der Waals surface area contributed by atoms with E-state index in [9.17, 15) is 0 Å². The smallest absolute Gasteiger partial charge is 0.0991 e. The van der Waals surface area contributed by atoms with Crippen molar-refractivity contribution in [3.8, 4) is 5.69 Å². The molecule has 1 N–H and O–H groups in total. The molecule has 2 unspecified atom stereocenters. The monoisotopic (exact) mass is 296 g/mol. The minimum Gasteiger partial charge on any atom is -0.308 e. The second-order valence-corrected chi connectivity index (χ2v) is 6.75. The highest BCUT2D eigenvalue weighted by Gasteiger charge is 2.37. The molecule has 2 aliphatic rings. The van der Waals surface area contributed by atoms with Gasteiger partial charge >= 0.3 is 0 Å². The number of likely N-dealkylation sites (tertiary alicyclic amines) is 1. The lowest BCUT2D eigenvalue weighted by Gasteiger charge is -2.18. The van der Waals surface area contributed by atoms with Crippen LogP contribution in [-0.4, -0.2) is 39.6 Å². The van der Waals surface area contributed by atoms with Crippen molar-refractivity contribution in [2.75, 3.05) is 13.1 Å². The normalized spacial score (nSPS) is 25.7. The van der Waals surface area contributed by atoms with E-state index >= 15 is 0 Å². The van der Waals surface area contributed by atoms with Crippen LogP contribution in [0.25, 0.3) is 5.69 Å². The third-order valence-corrected chi connectivity index (χ3v) is 5.03. The minimum atomic E-state index is 0.608. The number of benzene rings is 1. The molecule has 1 saturated carbocycles. The van der Waals surface area contributed by atoms with Crippen molar-refractivity contribution in [1.29, 1.82) is 0 Å². The molecule has 116 valence electrons. The molecule has 2 fully saturated rings. The summed E-state index contributed by atoms with van der Waals surface area (Å²) < 4.78 is 2.09. The zero-order chi connectivity index (χ0) is 14.9. The predicted octanol–water partition coefficient (Wildman–Crippen LogP) is 2.44. The molecule has 1 saturated heterocycles. The lowest BCUT2D eigenvalue weighted by Crippen LogP contribution is -2.35. The summed E-state index contributed by atoms with van der Waals surface area (Å²) in [7, 11) is 0. The summed E-state index contributed by atoms with van der Waals surface area (Å²) in [5.74, 6) is 0.737. The van der Waals surface area contributed by atoms with E-state index in [1.165, 1.54) is 37.2 Å². The van der Waals surface area contributed by atoms with Gasteiger partial charge < -0.3 is 9.88 Å². The van der Waals surface area contributed by atoms with Crippen LogP contribution in [0.15, 0.2) is 43.0 Å². The van der Waals surface area contributed by atoms with Crippen molar-refractivity contribution >= 4 is 0 Å². The minimum absolute atomic E-state index is 0.608. The second-order valence-electron chi connectivity index (χ2n) is 6.75. The first-order valence-corrected chi connectivity index (χ1v) is 8.35. The van der Waals surface area contributed by atoms with E-state index < -0.39 is 0 Å². The van der Waals surface area contributed by atoms with Crippen LogP contribution in [0.5, 0.6) is 0 Å². The maximum atomic E-state index is 4.16. The number of para-hydroxylation sites is 1. The van der Waals surface area contributed by atoms with E-state index in [-0.39, 0.29) is 0 Å². The van der Waals surface area contributed by atoms with Crippen LogP contribution in [-0.2, 0) is 6.54 Å². The highest BCUT2D eigenvalue weighted by Crippen LogP contribution is 2.31. The van der Waals surface area contributed by atoms with Crippen molar-refractivity contribution in [3.05, 3.63) is 48.5 Å². The van der Waals surface area contributed by atoms with Gasteiger partial charge in [0, 0.05) is 44.1 Å². The molecule has 2 atom stereocenters. The van der Waals surface area contributed by atoms with Gasteiger partial charge in [-0.1, -0.05) is 25.1 Å². The highest BCUT2D eigenvalue weighted by atomic mass is 15.2. The van der Waals surface area contributed by atoms with Crippen LogP contribution in [0.1, 0.15) is 25.3 Å². The summed E-state index contributed by atoms with van der Waals surface area (Å²) in [5.41, 5.74) is 2.55. The number of nitrogens with one attached hydrogen (secondary N) is 1. The van der Waals surface area contributed by atoms with Gasteiger partial charge in [-0.05, 0) is 30.4 Å². The van der Waals surface area contributed by atoms with E-state index in [2.05, 4.69) is 51.0 Å². The van der Waals surface area contributed by atoms with Crippen molar-refractivity contribution < 1.29 is 0 Å². The summed E-state index contributed by atoms with van der Waals surface area (Å²) in [6.45, 7) is 5.76.